The van der Waals surface area contributed by atoms with Crippen LogP contribution in [0.25, 0.3) is 10.9 Å². The third-order valence-corrected chi connectivity index (χ3v) is 3.34. The number of aldehydes is 1. The van der Waals surface area contributed by atoms with Crippen LogP contribution in [0.5, 0.6) is 0 Å². The van der Waals surface area contributed by atoms with Gasteiger partial charge in [0.05, 0.1) is 11.1 Å². The molecule has 0 spiro atoms. The molecular weight excluding hydrogens is 216 g/mol. The predicted octanol–water partition coefficient (Wildman–Crippen LogP) is 1.82. The van der Waals surface area contributed by atoms with Gasteiger partial charge in [0.2, 0.25) is 5.91 Å². The highest BCUT2D eigenvalue weighted by atomic mass is 16.2. The van der Waals surface area contributed by atoms with Crippen molar-refractivity contribution >= 4 is 28.9 Å². The zero-order valence-electron chi connectivity index (χ0n) is 9.51. The lowest BCUT2D eigenvalue weighted by molar-refractivity contribution is -0.119. The first-order valence-electron chi connectivity index (χ1n) is 5.57. The zero-order chi connectivity index (χ0) is 12.0. The summed E-state index contributed by atoms with van der Waals surface area (Å²) < 4.78 is 2.04. The number of amides is 1. The van der Waals surface area contributed by atoms with Gasteiger partial charge in [-0.15, -0.1) is 0 Å². The number of fused-ring (bicyclic) bond motifs is 3. The molecule has 1 aromatic carbocycles. The first kappa shape index (κ1) is 10.1. The summed E-state index contributed by atoms with van der Waals surface area (Å²) in [6.07, 6.45) is 1.32. The second-order valence-corrected chi connectivity index (χ2v) is 4.23. The molecule has 0 saturated carbocycles. The van der Waals surface area contributed by atoms with Crippen molar-refractivity contribution < 1.29 is 9.59 Å². The molecule has 0 unspecified atom stereocenters. The minimum absolute atomic E-state index is 0.0587. The number of aryl methyl sites for hydroxylation is 1. The Kier molecular flexibility index (Phi) is 2.04. The van der Waals surface area contributed by atoms with Crippen molar-refractivity contribution in [2.45, 2.75) is 13.0 Å². The smallest absolute Gasteiger partial charge is 0.229 e. The van der Waals surface area contributed by atoms with E-state index in [1.54, 1.807) is 11.9 Å². The number of hydrogen-bond acceptors (Lipinski definition) is 2. The van der Waals surface area contributed by atoms with Crippen LogP contribution in [0.2, 0.25) is 0 Å². The molecule has 0 fully saturated rings. The van der Waals surface area contributed by atoms with Crippen molar-refractivity contribution in [2.75, 3.05) is 11.9 Å². The fraction of sp³-hybridized carbons (Fsp3) is 0.231. The molecule has 0 bridgehead atoms. The van der Waals surface area contributed by atoms with E-state index in [1.807, 2.05) is 28.8 Å². The van der Waals surface area contributed by atoms with Gasteiger partial charge < -0.3 is 9.47 Å². The van der Waals surface area contributed by atoms with Crippen LogP contribution < -0.4 is 4.90 Å². The van der Waals surface area contributed by atoms with Gasteiger partial charge in [-0.3, -0.25) is 9.59 Å². The Labute approximate surface area is 98.4 Å². The Morgan fingerprint density at radius 3 is 2.82 bits per heavy atom. The van der Waals surface area contributed by atoms with Gasteiger partial charge in [-0.2, -0.15) is 0 Å². The molecule has 1 amide bonds. The van der Waals surface area contributed by atoms with Crippen LogP contribution in [0.3, 0.4) is 0 Å². The molecule has 0 saturated heterocycles. The summed E-state index contributed by atoms with van der Waals surface area (Å²) in [5.74, 6) is 0.779. The SMILES string of the molecule is CN1C(=O)CCn2c1c(C=O)c1ccccc12. The summed E-state index contributed by atoms with van der Waals surface area (Å²) in [5.41, 5.74) is 1.63. The number of carbonyl (C=O) groups is 2. The summed E-state index contributed by atoms with van der Waals surface area (Å²) in [6, 6.07) is 7.75. The first-order chi connectivity index (χ1) is 8.24. The Morgan fingerprint density at radius 1 is 1.29 bits per heavy atom. The molecule has 3 rings (SSSR count). The summed E-state index contributed by atoms with van der Waals surface area (Å²) in [5, 5.41) is 0.916. The number of benzene rings is 1. The Morgan fingerprint density at radius 2 is 2.06 bits per heavy atom. The average Bonchev–Trinajstić information content (AvgIpc) is 2.68. The van der Waals surface area contributed by atoms with Crippen molar-refractivity contribution in [3.05, 3.63) is 29.8 Å². The second-order valence-electron chi connectivity index (χ2n) is 4.23. The van der Waals surface area contributed by atoms with E-state index in [4.69, 9.17) is 0 Å². The number of hydrogen-bond donors (Lipinski definition) is 0. The van der Waals surface area contributed by atoms with Crippen molar-refractivity contribution in [3.63, 3.8) is 0 Å². The lowest BCUT2D eigenvalue weighted by Crippen LogP contribution is -2.34. The topological polar surface area (TPSA) is 42.3 Å². The third kappa shape index (κ3) is 1.24. The number of anilines is 1. The quantitative estimate of drug-likeness (QED) is 0.699. The van der Waals surface area contributed by atoms with Crippen molar-refractivity contribution in [1.82, 2.24) is 4.57 Å². The summed E-state index contributed by atoms with van der Waals surface area (Å²) >= 11 is 0. The van der Waals surface area contributed by atoms with Gasteiger partial charge in [-0.1, -0.05) is 18.2 Å². The van der Waals surface area contributed by atoms with Gasteiger partial charge in [0, 0.05) is 25.4 Å². The van der Waals surface area contributed by atoms with Gasteiger partial charge in [0.1, 0.15) is 5.82 Å². The largest absolute Gasteiger partial charge is 0.326 e. The summed E-state index contributed by atoms with van der Waals surface area (Å²) in [7, 11) is 1.72. The second kappa shape index (κ2) is 3.45. The first-order valence-corrected chi connectivity index (χ1v) is 5.57. The van der Waals surface area contributed by atoms with Crippen LogP contribution >= 0.6 is 0 Å². The fourth-order valence-electron chi connectivity index (χ4n) is 2.51. The van der Waals surface area contributed by atoms with E-state index >= 15 is 0 Å². The maximum absolute atomic E-state index is 11.7. The predicted molar refractivity (Wildman–Crippen MR) is 65.4 cm³/mol. The lowest BCUT2D eigenvalue weighted by atomic mass is 10.2. The minimum atomic E-state index is 0.0587. The minimum Gasteiger partial charge on any atom is -0.326 e. The number of rotatable bonds is 1. The van der Waals surface area contributed by atoms with Crippen molar-refractivity contribution in [1.29, 1.82) is 0 Å². The maximum Gasteiger partial charge on any atom is 0.229 e. The molecule has 1 aromatic heterocycles. The number of aromatic nitrogens is 1. The summed E-state index contributed by atoms with van der Waals surface area (Å²) in [4.78, 5) is 24.5. The average molecular weight is 228 g/mol. The molecule has 86 valence electrons. The molecule has 0 radical (unpaired) electrons. The zero-order valence-corrected chi connectivity index (χ0v) is 9.51. The van der Waals surface area contributed by atoms with E-state index < -0.39 is 0 Å². The molecule has 17 heavy (non-hydrogen) atoms. The van der Waals surface area contributed by atoms with E-state index in [9.17, 15) is 9.59 Å². The van der Waals surface area contributed by atoms with E-state index in [-0.39, 0.29) is 5.91 Å². The lowest BCUT2D eigenvalue weighted by Gasteiger charge is -2.25. The monoisotopic (exact) mass is 228 g/mol. The third-order valence-electron chi connectivity index (χ3n) is 3.34. The van der Waals surface area contributed by atoms with E-state index in [0.717, 1.165) is 23.0 Å². The van der Waals surface area contributed by atoms with Gasteiger partial charge in [-0.05, 0) is 6.07 Å². The molecule has 2 aromatic rings. The number of nitrogens with zero attached hydrogens (tertiary/aromatic N) is 2. The highest BCUT2D eigenvalue weighted by Gasteiger charge is 2.27. The Hall–Kier alpha value is -2.10. The van der Waals surface area contributed by atoms with E-state index in [0.29, 0.717) is 18.5 Å². The Bertz CT molecular complexity index is 628. The Balaban J connectivity index is 2.42. The molecule has 0 aliphatic carbocycles. The van der Waals surface area contributed by atoms with Crippen LogP contribution in [-0.2, 0) is 11.3 Å². The van der Waals surface area contributed by atoms with E-state index in [2.05, 4.69) is 0 Å². The van der Waals surface area contributed by atoms with Gasteiger partial charge in [0.25, 0.3) is 0 Å². The number of carbonyl (C=O) groups excluding carboxylic acids is 2. The maximum atomic E-state index is 11.7. The van der Waals surface area contributed by atoms with Crippen LogP contribution in [-0.4, -0.2) is 23.8 Å². The van der Waals surface area contributed by atoms with Gasteiger partial charge in [0.15, 0.2) is 6.29 Å². The molecule has 0 N–H and O–H groups in total. The normalized spacial score (nSPS) is 15.1. The highest BCUT2D eigenvalue weighted by Crippen LogP contribution is 2.33. The standard InChI is InChI=1S/C13H12N2O2/c1-14-12(17)6-7-15-11-5-3-2-4-9(11)10(8-16)13(14)15/h2-5,8H,6-7H2,1H3. The van der Waals surface area contributed by atoms with Crippen LogP contribution in [0.1, 0.15) is 16.8 Å². The molecule has 1 aliphatic rings. The van der Waals surface area contributed by atoms with Crippen LogP contribution in [0.4, 0.5) is 5.82 Å². The molecule has 4 heteroatoms. The molecular formula is C13H12N2O2. The molecule has 1 aliphatic heterocycles. The van der Waals surface area contributed by atoms with Crippen LogP contribution in [0.15, 0.2) is 24.3 Å². The van der Waals surface area contributed by atoms with Crippen molar-refractivity contribution in [2.24, 2.45) is 0 Å². The molecule has 0 atom stereocenters. The number of para-hydroxylation sites is 1. The van der Waals surface area contributed by atoms with Crippen molar-refractivity contribution in [3.8, 4) is 0 Å². The van der Waals surface area contributed by atoms with Crippen LogP contribution in [0, 0.1) is 0 Å². The summed E-state index contributed by atoms with van der Waals surface area (Å²) in [6.45, 7) is 0.646. The van der Waals surface area contributed by atoms with E-state index in [1.165, 1.54) is 0 Å². The highest BCUT2D eigenvalue weighted by molar-refractivity contribution is 6.08. The fourth-order valence-corrected chi connectivity index (χ4v) is 2.51. The molecule has 2 heterocycles. The molecule has 4 nitrogen and oxygen atoms in total. The van der Waals surface area contributed by atoms with Gasteiger partial charge >= 0.3 is 0 Å². The van der Waals surface area contributed by atoms with Gasteiger partial charge in [-0.25, -0.2) is 0 Å².